The number of ether oxygens (including phenoxy) is 2. The van der Waals surface area contributed by atoms with E-state index in [4.69, 9.17) is 15.2 Å². The second kappa shape index (κ2) is 11.3. The van der Waals surface area contributed by atoms with Crippen LogP contribution in [0.5, 0.6) is 5.75 Å². The highest BCUT2D eigenvalue weighted by Crippen LogP contribution is 2.16. The Bertz CT molecular complexity index is 941. The van der Waals surface area contributed by atoms with E-state index in [-0.39, 0.29) is 12.1 Å². The first-order valence-corrected chi connectivity index (χ1v) is 10.9. The third-order valence-corrected chi connectivity index (χ3v) is 5.09. The van der Waals surface area contributed by atoms with Crippen molar-refractivity contribution in [2.24, 2.45) is 5.73 Å². The molecule has 176 valence electrons. The van der Waals surface area contributed by atoms with Crippen molar-refractivity contribution < 1.29 is 23.9 Å². The Morgan fingerprint density at radius 1 is 0.939 bits per heavy atom. The van der Waals surface area contributed by atoms with Crippen LogP contribution >= 0.6 is 0 Å². The van der Waals surface area contributed by atoms with Crippen molar-refractivity contribution in [2.75, 3.05) is 31.5 Å². The van der Waals surface area contributed by atoms with Crippen molar-refractivity contribution in [3.63, 3.8) is 0 Å². The molecule has 9 nitrogen and oxygen atoms in total. The monoisotopic (exact) mass is 454 g/mol. The third kappa shape index (κ3) is 7.21. The minimum Gasteiger partial charge on any atom is -0.462 e. The molecule has 0 aromatic heterocycles. The summed E-state index contributed by atoms with van der Waals surface area (Å²) >= 11 is 0. The number of rotatable bonds is 6. The lowest BCUT2D eigenvalue weighted by molar-refractivity contribution is -0.148. The van der Waals surface area contributed by atoms with Crippen molar-refractivity contribution in [1.82, 2.24) is 9.80 Å². The highest BCUT2D eigenvalue weighted by atomic mass is 16.6. The van der Waals surface area contributed by atoms with E-state index < -0.39 is 18.1 Å². The zero-order valence-corrected chi connectivity index (χ0v) is 18.9. The van der Waals surface area contributed by atoms with Crippen molar-refractivity contribution in [3.8, 4) is 5.75 Å². The average molecular weight is 455 g/mol. The minimum absolute atomic E-state index is 0.194. The zero-order valence-electron chi connectivity index (χ0n) is 18.9. The van der Waals surface area contributed by atoms with Gasteiger partial charge in [0, 0.05) is 31.9 Å². The number of urea groups is 1. The van der Waals surface area contributed by atoms with Gasteiger partial charge in [-0.25, -0.2) is 9.59 Å². The lowest BCUT2D eigenvalue weighted by Crippen LogP contribution is -2.52. The Kier molecular flexibility index (Phi) is 8.26. The number of benzene rings is 2. The quantitative estimate of drug-likeness (QED) is 0.649. The van der Waals surface area contributed by atoms with Crippen LogP contribution in [0, 0.1) is 0 Å². The number of nitrogens with two attached hydrogens (primary N) is 1. The second-order valence-corrected chi connectivity index (χ2v) is 8.08. The Morgan fingerprint density at radius 2 is 1.55 bits per heavy atom. The molecule has 1 heterocycles. The summed E-state index contributed by atoms with van der Waals surface area (Å²) in [7, 11) is 0. The first kappa shape index (κ1) is 24.1. The van der Waals surface area contributed by atoms with Crippen LogP contribution in [-0.2, 0) is 16.0 Å². The van der Waals surface area contributed by atoms with Crippen LogP contribution in [0.25, 0.3) is 0 Å². The van der Waals surface area contributed by atoms with Gasteiger partial charge in [0.2, 0.25) is 0 Å². The molecule has 1 saturated heterocycles. The van der Waals surface area contributed by atoms with E-state index in [0.29, 0.717) is 38.3 Å². The number of esters is 1. The number of carbonyl (C=O) groups is 3. The van der Waals surface area contributed by atoms with Crippen molar-refractivity contribution in [2.45, 2.75) is 32.4 Å². The van der Waals surface area contributed by atoms with Crippen molar-refractivity contribution in [3.05, 3.63) is 60.2 Å². The first-order chi connectivity index (χ1) is 15.8. The molecule has 1 fully saturated rings. The summed E-state index contributed by atoms with van der Waals surface area (Å²) in [6, 6.07) is 15.1. The van der Waals surface area contributed by atoms with Crippen LogP contribution < -0.4 is 15.8 Å². The number of hydrogen-bond acceptors (Lipinski definition) is 6. The van der Waals surface area contributed by atoms with Crippen LogP contribution in [0.15, 0.2) is 54.6 Å². The maximum atomic E-state index is 12.5. The molecule has 2 aromatic rings. The maximum absolute atomic E-state index is 12.5. The van der Waals surface area contributed by atoms with Crippen LogP contribution in [0.1, 0.15) is 19.4 Å². The van der Waals surface area contributed by atoms with Gasteiger partial charge in [-0.3, -0.25) is 4.79 Å². The third-order valence-electron chi connectivity index (χ3n) is 5.09. The lowest BCUT2D eigenvalue weighted by atomic mass is 10.1. The molecule has 3 amide bonds. The number of hydrogen-bond donors (Lipinski definition) is 2. The number of anilines is 1. The predicted octanol–water partition coefficient (Wildman–Crippen LogP) is 2.86. The standard InChI is InChI=1S/C24H30N4O5/c1-17(2)32-22(29)21(25)16-18-8-10-20(11-9-18)33-24(31)28-14-12-27(13-15-28)23(30)26-19-6-4-3-5-7-19/h3-11,17,21H,12-16,25H2,1-2H3,(H,26,30)/t21-/m0/s1. The molecule has 33 heavy (non-hydrogen) atoms. The summed E-state index contributed by atoms with van der Waals surface area (Å²) in [5.41, 5.74) is 7.45. The van der Waals surface area contributed by atoms with Crippen LogP contribution in [0.4, 0.5) is 15.3 Å². The van der Waals surface area contributed by atoms with Crippen LogP contribution in [-0.4, -0.2) is 66.2 Å². The van der Waals surface area contributed by atoms with Gasteiger partial charge in [0.1, 0.15) is 11.8 Å². The molecule has 1 aliphatic rings. The molecule has 0 aliphatic carbocycles. The highest BCUT2D eigenvalue weighted by Gasteiger charge is 2.25. The molecule has 0 bridgehead atoms. The fraction of sp³-hybridized carbons (Fsp3) is 0.375. The summed E-state index contributed by atoms with van der Waals surface area (Å²) in [4.78, 5) is 40.0. The summed E-state index contributed by atoms with van der Waals surface area (Å²) in [5, 5.41) is 2.84. The highest BCUT2D eigenvalue weighted by molar-refractivity contribution is 5.89. The van der Waals surface area contributed by atoms with Gasteiger partial charge in [-0.15, -0.1) is 0 Å². The van der Waals surface area contributed by atoms with E-state index in [1.54, 1.807) is 47.9 Å². The van der Waals surface area contributed by atoms with E-state index in [1.165, 1.54) is 0 Å². The summed E-state index contributed by atoms with van der Waals surface area (Å²) in [5.74, 6) is -0.0524. The molecule has 9 heteroatoms. The Morgan fingerprint density at radius 3 is 2.15 bits per heavy atom. The summed E-state index contributed by atoms with van der Waals surface area (Å²) in [6.45, 7) is 5.13. The fourth-order valence-electron chi connectivity index (χ4n) is 3.33. The van der Waals surface area contributed by atoms with Gasteiger partial charge >= 0.3 is 18.1 Å². The van der Waals surface area contributed by atoms with Gasteiger partial charge in [0.15, 0.2) is 0 Å². The number of nitrogens with one attached hydrogen (secondary N) is 1. The molecule has 0 radical (unpaired) electrons. The molecule has 1 atom stereocenters. The molecule has 0 saturated carbocycles. The largest absolute Gasteiger partial charge is 0.462 e. The molecule has 3 rings (SSSR count). The molecule has 2 aromatic carbocycles. The zero-order chi connectivity index (χ0) is 23.8. The second-order valence-electron chi connectivity index (χ2n) is 8.08. The Balaban J connectivity index is 1.44. The van der Waals surface area contributed by atoms with E-state index in [9.17, 15) is 14.4 Å². The van der Waals surface area contributed by atoms with E-state index in [0.717, 1.165) is 11.3 Å². The van der Waals surface area contributed by atoms with Crippen molar-refractivity contribution in [1.29, 1.82) is 0 Å². The summed E-state index contributed by atoms with van der Waals surface area (Å²) < 4.78 is 10.6. The number of piperazine rings is 1. The molecule has 0 unspecified atom stereocenters. The number of para-hydroxylation sites is 1. The minimum atomic E-state index is -0.754. The predicted molar refractivity (Wildman–Crippen MR) is 124 cm³/mol. The lowest BCUT2D eigenvalue weighted by Gasteiger charge is -2.34. The SMILES string of the molecule is CC(C)OC(=O)[C@@H](N)Cc1ccc(OC(=O)N2CCN(C(=O)Nc3ccccc3)CC2)cc1. The topological polar surface area (TPSA) is 114 Å². The van der Waals surface area contributed by atoms with Gasteiger partial charge in [0.05, 0.1) is 6.10 Å². The first-order valence-electron chi connectivity index (χ1n) is 10.9. The van der Waals surface area contributed by atoms with Gasteiger partial charge in [-0.2, -0.15) is 0 Å². The average Bonchev–Trinajstić information content (AvgIpc) is 2.80. The van der Waals surface area contributed by atoms with Gasteiger partial charge in [0.25, 0.3) is 0 Å². The molecular formula is C24H30N4O5. The number of amides is 3. The Hall–Kier alpha value is -3.59. The van der Waals surface area contributed by atoms with Crippen molar-refractivity contribution >= 4 is 23.8 Å². The number of nitrogens with zero attached hydrogens (tertiary/aromatic N) is 2. The molecule has 3 N–H and O–H groups in total. The Labute approximate surface area is 193 Å². The van der Waals surface area contributed by atoms with E-state index in [1.807, 2.05) is 30.3 Å². The van der Waals surface area contributed by atoms with Gasteiger partial charge in [-0.05, 0) is 50.1 Å². The maximum Gasteiger partial charge on any atom is 0.415 e. The smallest absolute Gasteiger partial charge is 0.415 e. The normalized spacial score (nSPS) is 14.5. The molecule has 1 aliphatic heterocycles. The fourth-order valence-corrected chi connectivity index (χ4v) is 3.33. The van der Waals surface area contributed by atoms with Crippen LogP contribution in [0.3, 0.4) is 0 Å². The molecular weight excluding hydrogens is 424 g/mol. The molecule has 0 spiro atoms. The summed E-state index contributed by atoms with van der Waals surface area (Å²) in [6.07, 6.45) is -0.360. The van der Waals surface area contributed by atoms with Gasteiger partial charge < -0.3 is 30.3 Å². The van der Waals surface area contributed by atoms with Crippen LogP contribution in [0.2, 0.25) is 0 Å². The van der Waals surface area contributed by atoms with E-state index in [2.05, 4.69) is 5.32 Å². The van der Waals surface area contributed by atoms with E-state index >= 15 is 0 Å². The van der Waals surface area contributed by atoms with Gasteiger partial charge in [-0.1, -0.05) is 30.3 Å². The number of carbonyl (C=O) groups excluding carboxylic acids is 3.